The smallest absolute Gasteiger partial charge is 0.161 e. The summed E-state index contributed by atoms with van der Waals surface area (Å²) in [4.78, 5) is 13.4. The molecule has 0 fully saturated rings. The molecule has 2 aromatic rings. The number of nitrogens with zero attached hydrogens (tertiary/aromatic N) is 5. The van der Waals surface area contributed by atoms with Crippen molar-refractivity contribution in [3.8, 4) is 5.82 Å². The molecule has 0 atom stereocenters. The summed E-state index contributed by atoms with van der Waals surface area (Å²) in [5.74, 6) is 4.22. The van der Waals surface area contributed by atoms with Crippen LogP contribution in [-0.2, 0) is 0 Å². The van der Waals surface area contributed by atoms with E-state index in [1.54, 1.807) is 4.68 Å². The first-order valence-electron chi connectivity index (χ1n) is 6.54. The zero-order valence-corrected chi connectivity index (χ0v) is 12.1. The van der Waals surface area contributed by atoms with Crippen LogP contribution in [0.2, 0.25) is 0 Å². The lowest BCUT2D eigenvalue weighted by Gasteiger charge is -2.11. The highest BCUT2D eigenvalue weighted by molar-refractivity contribution is 5.42. The fraction of sp³-hybridized carbons (Fsp3) is 0.538. The number of hydrogen-bond donors (Lipinski definition) is 1. The third-order valence-electron chi connectivity index (χ3n) is 2.70. The van der Waals surface area contributed by atoms with E-state index in [1.165, 1.54) is 0 Å². The van der Waals surface area contributed by atoms with Crippen LogP contribution in [0.5, 0.6) is 0 Å². The summed E-state index contributed by atoms with van der Waals surface area (Å²) in [5, 5.41) is 7.60. The van der Waals surface area contributed by atoms with Gasteiger partial charge in [-0.05, 0) is 20.8 Å². The Morgan fingerprint density at radius 3 is 2.47 bits per heavy atom. The number of aromatic nitrogens is 5. The van der Waals surface area contributed by atoms with Crippen LogP contribution in [0.4, 0.5) is 5.82 Å². The maximum Gasteiger partial charge on any atom is 0.161 e. The van der Waals surface area contributed by atoms with Crippen LogP contribution in [0, 0.1) is 13.8 Å². The van der Waals surface area contributed by atoms with Crippen LogP contribution in [0.3, 0.4) is 0 Å². The van der Waals surface area contributed by atoms with Gasteiger partial charge < -0.3 is 5.32 Å². The summed E-state index contributed by atoms with van der Waals surface area (Å²) >= 11 is 0. The summed E-state index contributed by atoms with van der Waals surface area (Å²) in [6.45, 7) is 10.8. The Morgan fingerprint density at radius 2 is 1.95 bits per heavy atom. The van der Waals surface area contributed by atoms with E-state index in [9.17, 15) is 0 Å². The van der Waals surface area contributed by atoms with Crippen LogP contribution >= 0.6 is 0 Å². The Labute approximate surface area is 113 Å². The van der Waals surface area contributed by atoms with Gasteiger partial charge in [0, 0.05) is 18.5 Å². The Bertz CT molecular complexity index is 573. The molecule has 6 heteroatoms. The monoisotopic (exact) mass is 260 g/mol. The SMILES string of the molecule is CCNc1cc(-n2nc(C)nc2C)nc(C(C)C)n1. The van der Waals surface area contributed by atoms with E-state index in [2.05, 4.69) is 39.2 Å². The van der Waals surface area contributed by atoms with Crippen LogP contribution < -0.4 is 5.32 Å². The number of hydrogen-bond acceptors (Lipinski definition) is 5. The average Bonchev–Trinajstić information content (AvgIpc) is 2.68. The second-order valence-corrected chi connectivity index (χ2v) is 4.77. The molecule has 0 spiro atoms. The summed E-state index contributed by atoms with van der Waals surface area (Å²) in [6, 6.07) is 1.90. The quantitative estimate of drug-likeness (QED) is 0.913. The van der Waals surface area contributed by atoms with E-state index in [-0.39, 0.29) is 5.92 Å². The largest absolute Gasteiger partial charge is 0.370 e. The van der Waals surface area contributed by atoms with Gasteiger partial charge in [0.1, 0.15) is 23.3 Å². The number of anilines is 1. The fourth-order valence-electron chi connectivity index (χ4n) is 1.83. The van der Waals surface area contributed by atoms with Crippen molar-refractivity contribution >= 4 is 5.82 Å². The van der Waals surface area contributed by atoms with Gasteiger partial charge in [0.25, 0.3) is 0 Å². The van der Waals surface area contributed by atoms with Crippen LogP contribution in [0.15, 0.2) is 6.07 Å². The molecular formula is C13H20N6. The van der Waals surface area contributed by atoms with Crippen molar-refractivity contribution in [2.24, 2.45) is 0 Å². The van der Waals surface area contributed by atoms with Crippen LogP contribution in [0.1, 0.15) is 44.2 Å². The van der Waals surface area contributed by atoms with Gasteiger partial charge in [-0.25, -0.2) is 15.0 Å². The van der Waals surface area contributed by atoms with Crippen molar-refractivity contribution < 1.29 is 0 Å². The lowest BCUT2D eigenvalue weighted by molar-refractivity contribution is 0.735. The van der Waals surface area contributed by atoms with Gasteiger partial charge in [0.15, 0.2) is 5.82 Å². The van der Waals surface area contributed by atoms with Gasteiger partial charge in [-0.2, -0.15) is 4.68 Å². The summed E-state index contributed by atoms with van der Waals surface area (Å²) in [5.41, 5.74) is 0. The predicted octanol–water partition coefficient (Wildman–Crippen LogP) is 2.23. The standard InChI is InChI=1S/C13H20N6/c1-6-14-11-7-12(17-13(16-11)8(2)3)19-10(5)15-9(4)18-19/h7-8H,6H2,1-5H3,(H,14,16,17). The molecule has 0 saturated carbocycles. The third-order valence-corrected chi connectivity index (χ3v) is 2.70. The van der Waals surface area contributed by atoms with Crippen molar-refractivity contribution in [2.45, 2.75) is 40.5 Å². The maximum absolute atomic E-state index is 4.57. The highest BCUT2D eigenvalue weighted by Gasteiger charge is 2.12. The number of nitrogens with one attached hydrogen (secondary N) is 1. The van der Waals surface area contributed by atoms with Crippen molar-refractivity contribution in [1.82, 2.24) is 24.7 Å². The first kappa shape index (κ1) is 13.5. The summed E-state index contributed by atoms with van der Waals surface area (Å²) in [7, 11) is 0. The van der Waals surface area contributed by atoms with Gasteiger partial charge in [0.05, 0.1) is 0 Å². The minimum atomic E-state index is 0.266. The third kappa shape index (κ3) is 2.89. The van der Waals surface area contributed by atoms with Gasteiger partial charge in [-0.3, -0.25) is 0 Å². The molecule has 2 aromatic heterocycles. The molecule has 0 aliphatic rings. The average molecular weight is 260 g/mol. The van der Waals surface area contributed by atoms with Gasteiger partial charge in [-0.1, -0.05) is 13.8 Å². The molecular weight excluding hydrogens is 240 g/mol. The normalized spacial score (nSPS) is 11.1. The second kappa shape index (κ2) is 5.34. The van der Waals surface area contributed by atoms with Crippen LogP contribution in [-0.4, -0.2) is 31.3 Å². The van der Waals surface area contributed by atoms with E-state index in [0.717, 1.165) is 35.7 Å². The molecule has 19 heavy (non-hydrogen) atoms. The molecule has 0 aromatic carbocycles. The lowest BCUT2D eigenvalue weighted by Crippen LogP contribution is -2.10. The molecule has 6 nitrogen and oxygen atoms in total. The summed E-state index contributed by atoms with van der Waals surface area (Å²) in [6.07, 6.45) is 0. The molecule has 102 valence electrons. The molecule has 0 amide bonds. The minimum Gasteiger partial charge on any atom is -0.370 e. The van der Waals surface area contributed by atoms with Crippen molar-refractivity contribution in [3.05, 3.63) is 23.5 Å². The van der Waals surface area contributed by atoms with Gasteiger partial charge in [-0.15, -0.1) is 5.10 Å². The highest BCUT2D eigenvalue weighted by atomic mass is 15.4. The molecule has 2 heterocycles. The predicted molar refractivity (Wildman–Crippen MR) is 74.7 cm³/mol. The molecule has 0 bridgehead atoms. The Morgan fingerprint density at radius 1 is 1.21 bits per heavy atom. The first-order chi connectivity index (χ1) is 9.01. The van der Waals surface area contributed by atoms with Gasteiger partial charge >= 0.3 is 0 Å². The van der Waals surface area contributed by atoms with Crippen molar-refractivity contribution in [2.75, 3.05) is 11.9 Å². The van der Waals surface area contributed by atoms with Gasteiger partial charge in [0.2, 0.25) is 0 Å². The number of aryl methyl sites for hydroxylation is 2. The zero-order valence-electron chi connectivity index (χ0n) is 12.1. The maximum atomic E-state index is 4.57. The van der Waals surface area contributed by atoms with E-state index >= 15 is 0 Å². The molecule has 0 saturated heterocycles. The Balaban J connectivity index is 2.52. The van der Waals surface area contributed by atoms with E-state index < -0.39 is 0 Å². The minimum absolute atomic E-state index is 0.266. The molecule has 1 N–H and O–H groups in total. The lowest BCUT2D eigenvalue weighted by atomic mass is 10.2. The van der Waals surface area contributed by atoms with E-state index in [1.807, 2.05) is 26.8 Å². The zero-order chi connectivity index (χ0) is 14.0. The Hall–Kier alpha value is -1.98. The van der Waals surface area contributed by atoms with Crippen LogP contribution in [0.25, 0.3) is 5.82 Å². The molecule has 0 radical (unpaired) electrons. The van der Waals surface area contributed by atoms with Crippen molar-refractivity contribution in [1.29, 1.82) is 0 Å². The first-order valence-corrected chi connectivity index (χ1v) is 6.54. The Kier molecular flexibility index (Phi) is 3.78. The van der Waals surface area contributed by atoms with Crippen molar-refractivity contribution in [3.63, 3.8) is 0 Å². The highest BCUT2D eigenvalue weighted by Crippen LogP contribution is 2.17. The van der Waals surface area contributed by atoms with E-state index in [4.69, 9.17) is 0 Å². The number of rotatable bonds is 4. The molecule has 2 rings (SSSR count). The fourth-order valence-corrected chi connectivity index (χ4v) is 1.83. The molecule has 0 unspecified atom stereocenters. The molecule has 0 aliphatic heterocycles. The second-order valence-electron chi connectivity index (χ2n) is 4.77. The molecule has 0 aliphatic carbocycles. The summed E-state index contributed by atoms with van der Waals surface area (Å²) < 4.78 is 1.75. The topological polar surface area (TPSA) is 68.5 Å². The van der Waals surface area contributed by atoms with E-state index in [0.29, 0.717) is 0 Å².